The number of ether oxygens (including phenoxy) is 2. The summed E-state index contributed by atoms with van der Waals surface area (Å²) in [6.07, 6.45) is -1.11. The van der Waals surface area contributed by atoms with Crippen molar-refractivity contribution in [3.8, 4) is 5.75 Å². The number of nitrogens with zero attached hydrogens (tertiary/aromatic N) is 1. The summed E-state index contributed by atoms with van der Waals surface area (Å²) >= 11 is 0. The first-order valence-electron chi connectivity index (χ1n) is 10.1. The van der Waals surface area contributed by atoms with Crippen LogP contribution in [0.2, 0.25) is 0 Å². The average Bonchev–Trinajstić information content (AvgIpc) is 2.98. The number of β-amino-alcohol motifs (C(OH)–C–C–N with tert-alkyl or cyclic N) is 1. The van der Waals surface area contributed by atoms with E-state index >= 15 is 0 Å². The number of nitrogens with one attached hydrogen (secondary N) is 2. The topological polar surface area (TPSA) is 83.1 Å². The summed E-state index contributed by atoms with van der Waals surface area (Å²) in [5.74, 6) is 0.798. The van der Waals surface area contributed by atoms with Gasteiger partial charge in [0.1, 0.15) is 18.0 Å². The number of rotatable bonds is 9. The smallest absolute Gasteiger partial charge is 0.407 e. The zero-order valence-corrected chi connectivity index (χ0v) is 17.6. The molecule has 7 nitrogen and oxygen atoms in total. The Morgan fingerprint density at radius 2 is 1.89 bits per heavy atom. The first-order valence-corrected chi connectivity index (χ1v) is 10.1. The molecule has 7 heteroatoms. The number of alkyl carbamates (subject to hydrolysis) is 1. The lowest BCUT2D eigenvalue weighted by Gasteiger charge is -2.30. The number of aliphatic hydroxyl groups is 1. The van der Waals surface area contributed by atoms with Gasteiger partial charge in [0.25, 0.3) is 0 Å². The van der Waals surface area contributed by atoms with Gasteiger partial charge in [0.2, 0.25) is 0 Å². The second-order valence-corrected chi connectivity index (χ2v) is 7.86. The van der Waals surface area contributed by atoms with Crippen LogP contribution >= 0.6 is 0 Å². The Labute approximate surface area is 168 Å². The number of aliphatic hydroxyl groups excluding tert-OH is 1. The van der Waals surface area contributed by atoms with Crippen molar-refractivity contribution in [2.24, 2.45) is 0 Å². The van der Waals surface area contributed by atoms with Crippen molar-refractivity contribution in [3.05, 3.63) is 29.8 Å². The second kappa shape index (κ2) is 10.6. The molecular weight excluding hydrogens is 358 g/mol. The zero-order chi connectivity index (χ0) is 20.7. The molecule has 3 atom stereocenters. The molecule has 1 fully saturated rings. The Kier molecular flexibility index (Phi) is 8.54. The van der Waals surface area contributed by atoms with E-state index in [1.807, 2.05) is 24.3 Å². The van der Waals surface area contributed by atoms with Gasteiger partial charge in [-0.3, -0.25) is 4.90 Å². The first kappa shape index (κ1) is 22.5. The molecule has 0 spiro atoms. The number of methoxy groups -OCH3 is 1. The molecule has 158 valence electrons. The van der Waals surface area contributed by atoms with E-state index < -0.39 is 18.3 Å². The minimum Gasteiger partial charge on any atom is -0.497 e. The van der Waals surface area contributed by atoms with E-state index in [-0.39, 0.29) is 6.04 Å². The largest absolute Gasteiger partial charge is 0.497 e. The molecule has 1 aromatic carbocycles. The predicted molar refractivity (Wildman–Crippen MR) is 110 cm³/mol. The lowest BCUT2D eigenvalue weighted by molar-refractivity contribution is 0.0185. The quantitative estimate of drug-likeness (QED) is 0.593. The molecule has 1 aliphatic rings. The number of benzene rings is 1. The fourth-order valence-corrected chi connectivity index (χ4v) is 3.70. The molecule has 1 aromatic rings. The molecule has 1 amide bonds. The van der Waals surface area contributed by atoms with Gasteiger partial charge in [-0.05, 0) is 51.8 Å². The van der Waals surface area contributed by atoms with E-state index in [1.165, 1.54) is 0 Å². The summed E-state index contributed by atoms with van der Waals surface area (Å²) in [5, 5.41) is 16.3. The number of amides is 1. The Morgan fingerprint density at radius 1 is 1.25 bits per heavy atom. The van der Waals surface area contributed by atoms with Gasteiger partial charge in [0.15, 0.2) is 0 Å². The van der Waals surface area contributed by atoms with Crippen molar-refractivity contribution in [3.63, 3.8) is 0 Å². The molecule has 0 bridgehead atoms. The summed E-state index contributed by atoms with van der Waals surface area (Å²) in [4.78, 5) is 14.5. The molecule has 28 heavy (non-hydrogen) atoms. The number of hydrogen-bond donors (Lipinski definition) is 3. The van der Waals surface area contributed by atoms with Gasteiger partial charge < -0.3 is 25.2 Å². The summed E-state index contributed by atoms with van der Waals surface area (Å²) < 4.78 is 10.7. The van der Waals surface area contributed by atoms with Crippen LogP contribution in [-0.4, -0.2) is 73.2 Å². The van der Waals surface area contributed by atoms with Crippen LogP contribution in [0, 0.1) is 0 Å². The maximum absolute atomic E-state index is 12.2. The molecule has 0 saturated carbocycles. The van der Waals surface area contributed by atoms with Gasteiger partial charge in [-0.1, -0.05) is 12.1 Å². The SMILES string of the molecule is COc1ccc(C[C@H]2NC[C@H](O)[C@H]2OC(=O)NCCN(C(C)C)C(C)C)cc1. The standard InChI is InChI=1S/C21H35N3O4/c1-14(2)24(15(3)4)11-10-22-21(26)28-20-18(23-13-19(20)25)12-16-6-8-17(27-5)9-7-16/h6-9,14-15,18-20,23,25H,10-13H2,1-5H3,(H,22,26)/t18-,19+,20+/m1/s1. The second-order valence-electron chi connectivity index (χ2n) is 7.86. The number of hydrogen-bond acceptors (Lipinski definition) is 6. The third-order valence-corrected chi connectivity index (χ3v) is 5.19. The van der Waals surface area contributed by atoms with Crippen LogP contribution in [0.15, 0.2) is 24.3 Å². The van der Waals surface area contributed by atoms with Gasteiger partial charge in [-0.15, -0.1) is 0 Å². The van der Waals surface area contributed by atoms with Crippen LogP contribution in [0.4, 0.5) is 4.79 Å². The van der Waals surface area contributed by atoms with Gasteiger partial charge in [-0.25, -0.2) is 4.79 Å². The van der Waals surface area contributed by atoms with Crippen LogP contribution in [0.3, 0.4) is 0 Å². The van der Waals surface area contributed by atoms with Crippen molar-refractivity contribution in [1.29, 1.82) is 0 Å². The molecule has 0 unspecified atom stereocenters. The first-order chi connectivity index (χ1) is 13.3. The minimum absolute atomic E-state index is 0.128. The summed E-state index contributed by atoms with van der Waals surface area (Å²) in [7, 11) is 1.63. The normalized spacial score (nSPS) is 22.1. The zero-order valence-electron chi connectivity index (χ0n) is 17.6. The lowest BCUT2D eigenvalue weighted by Crippen LogP contribution is -2.45. The highest BCUT2D eigenvalue weighted by Crippen LogP contribution is 2.19. The van der Waals surface area contributed by atoms with Crippen molar-refractivity contribution in [2.75, 3.05) is 26.7 Å². The molecule has 0 radical (unpaired) electrons. The molecule has 0 aliphatic carbocycles. The van der Waals surface area contributed by atoms with Gasteiger partial charge in [-0.2, -0.15) is 0 Å². The predicted octanol–water partition coefficient (Wildman–Crippen LogP) is 1.78. The number of carbonyl (C=O) groups excluding carboxylic acids is 1. The Balaban J connectivity index is 1.84. The lowest BCUT2D eigenvalue weighted by atomic mass is 10.0. The molecule has 3 N–H and O–H groups in total. The van der Waals surface area contributed by atoms with E-state index in [2.05, 4.69) is 43.2 Å². The number of carbonyl (C=O) groups is 1. The molecule has 1 heterocycles. The van der Waals surface area contributed by atoms with Crippen LogP contribution in [0.25, 0.3) is 0 Å². The average molecular weight is 394 g/mol. The summed E-state index contributed by atoms with van der Waals surface area (Å²) in [6.45, 7) is 10.2. The van der Waals surface area contributed by atoms with E-state index in [9.17, 15) is 9.90 Å². The van der Waals surface area contributed by atoms with Crippen LogP contribution in [-0.2, 0) is 11.2 Å². The maximum Gasteiger partial charge on any atom is 0.407 e. The summed E-state index contributed by atoms with van der Waals surface area (Å²) in [5.41, 5.74) is 1.09. The minimum atomic E-state index is -0.711. The highest BCUT2D eigenvalue weighted by Gasteiger charge is 2.37. The van der Waals surface area contributed by atoms with Crippen LogP contribution < -0.4 is 15.4 Å². The monoisotopic (exact) mass is 393 g/mol. The fraction of sp³-hybridized carbons (Fsp3) is 0.667. The molecule has 0 aromatic heterocycles. The van der Waals surface area contributed by atoms with E-state index in [1.54, 1.807) is 7.11 Å². The van der Waals surface area contributed by atoms with E-state index in [0.717, 1.165) is 17.9 Å². The highest BCUT2D eigenvalue weighted by atomic mass is 16.6. The van der Waals surface area contributed by atoms with Crippen molar-refractivity contribution >= 4 is 6.09 Å². The Bertz CT molecular complexity index is 598. The van der Waals surface area contributed by atoms with Gasteiger partial charge in [0.05, 0.1) is 13.2 Å². The summed E-state index contributed by atoms with van der Waals surface area (Å²) in [6, 6.07) is 8.46. The Morgan fingerprint density at radius 3 is 2.46 bits per heavy atom. The fourth-order valence-electron chi connectivity index (χ4n) is 3.70. The van der Waals surface area contributed by atoms with Gasteiger partial charge in [0, 0.05) is 31.7 Å². The van der Waals surface area contributed by atoms with Crippen molar-refractivity contribution in [2.45, 2.75) is 64.4 Å². The van der Waals surface area contributed by atoms with E-state index in [0.29, 0.717) is 31.6 Å². The third kappa shape index (κ3) is 6.36. The van der Waals surface area contributed by atoms with Crippen molar-refractivity contribution in [1.82, 2.24) is 15.5 Å². The molecule has 1 saturated heterocycles. The highest BCUT2D eigenvalue weighted by molar-refractivity contribution is 5.67. The van der Waals surface area contributed by atoms with Crippen LogP contribution in [0.5, 0.6) is 5.75 Å². The van der Waals surface area contributed by atoms with Crippen LogP contribution in [0.1, 0.15) is 33.3 Å². The van der Waals surface area contributed by atoms with Gasteiger partial charge >= 0.3 is 6.09 Å². The van der Waals surface area contributed by atoms with Crippen molar-refractivity contribution < 1.29 is 19.4 Å². The van der Waals surface area contributed by atoms with E-state index in [4.69, 9.17) is 9.47 Å². The maximum atomic E-state index is 12.2. The molecule has 1 aliphatic heterocycles. The molecular formula is C21H35N3O4. The Hall–Kier alpha value is -1.83. The third-order valence-electron chi connectivity index (χ3n) is 5.19. The molecule has 2 rings (SSSR count).